The molecule has 1 aromatic carbocycles. The molecule has 0 bridgehead atoms. The molecule has 0 unspecified atom stereocenters. The van der Waals surface area contributed by atoms with E-state index in [1.165, 1.54) is 16.7 Å². The summed E-state index contributed by atoms with van der Waals surface area (Å²) in [5.41, 5.74) is -0.623. The standard InChI is InChI=1S/C16H21NO4S/c1-16(15(20)21)8-2-3-9-17(16)14(19)12-4-6-13(7-5-12)22-11-10-18/h4-7,18H,2-3,8-11H2,1H3,(H,20,21)/t16-/m0/s1. The van der Waals surface area contributed by atoms with Gasteiger partial charge in [-0.1, -0.05) is 0 Å². The Morgan fingerprint density at radius 2 is 1.95 bits per heavy atom. The number of aliphatic carboxylic acids is 1. The molecule has 5 nitrogen and oxygen atoms in total. The lowest BCUT2D eigenvalue weighted by atomic mass is 9.88. The summed E-state index contributed by atoms with van der Waals surface area (Å²) in [5.74, 6) is -0.574. The third-order valence-electron chi connectivity index (χ3n) is 4.06. The second-order valence-corrected chi connectivity index (χ2v) is 6.76. The van der Waals surface area contributed by atoms with Crippen LogP contribution in [0.3, 0.4) is 0 Å². The van der Waals surface area contributed by atoms with Gasteiger partial charge in [0.1, 0.15) is 5.54 Å². The van der Waals surface area contributed by atoms with Crippen molar-refractivity contribution in [1.82, 2.24) is 4.90 Å². The van der Waals surface area contributed by atoms with E-state index in [0.29, 0.717) is 24.3 Å². The van der Waals surface area contributed by atoms with Crippen LogP contribution in [-0.4, -0.2) is 51.4 Å². The summed E-state index contributed by atoms with van der Waals surface area (Å²) >= 11 is 1.51. The van der Waals surface area contributed by atoms with Gasteiger partial charge in [-0.25, -0.2) is 4.79 Å². The lowest BCUT2D eigenvalue weighted by Gasteiger charge is -2.41. The van der Waals surface area contributed by atoms with Crippen molar-refractivity contribution in [3.05, 3.63) is 29.8 Å². The first-order chi connectivity index (χ1) is 10.5. The Hall–Kier alpha value is -1.53. The van der Waals surface area contributed by atoms with E-state index in [9.17, 15) is 14.7 Å². The fraction of sp³-hybridized carbons (Fsp3) is 0.500. The number of likely N-dealkylation sites (tertiary alicyclic amines) is 1. The van der Waals surface area contributed by atoms with Gasteiger partial charge in [0.05, 0.1) is 6.61 Å². The molecule has 120 valence electrons. The van der Waals surface area contributed by atoms with Crippen LogP contribution in [0.4, 0.5) is 0 Å². The highest BCUT2D eigenvalue weighted by Gasteiger charge is 2.44. The average molecular weight is 323 g/mol. The molecule has 0 aliphatic carbocycles. The number of thioether (sulfide) groups is 1. The van der Waals surface area contributed by atoms with Gasteiger partial charge in [-0.15, -0.1) is 11.8 Å². The van der Waals surface area contributed by atoms with Crippen molar-refractivity contribution >= 4 is 23.6 Å². The maximum Gasteiger partial charge on any atom is 0.329 e. The fourth-order valence-electron chi connectivity index (χ4n) is 2.68. The van der Waals surface area contributed by atoms with E-state index in [1.807, 2.05) is 12.1 Å². The van der Waals surface area contributed by atoms with Gasteiger partial charge in [0.25, 0.3) is 5.91 Å². The average Bonchev–Trinajstić information content (AvgIpc) is 2.53. The number of hydrogen-bond acceptors (Lipinski definition) is 4. The summed E-state index contributed by atoms with van der Waals surface area (Å²) < 4.78 is 0. The summed E-state index contributed by atoms with van der Waals surface area (Å²) in [6, 6.07) is 7.10. The molecule has 1 saturated heterocycles. The first-order valence-corrected chi connectivity index (χ1v) is 8.36. The van der Waals surface area contributed by atoms with Crippen molar-refractivity contribution < 1.29 is 19.8 Å². The molecule has 1 fully saturated rings. The van der Waals surface area contributed by atoms with Crippen molar-refractivity contribution in [3.63, 3.8) is 0 Å². The summed E-state index contributed by atoms with van der Waals surface area (Å²) in [6.45, 7) is 2.20. The number of rotatable bonds is 5. The molecule has 1 aliphatic heterocycles. The van der Waals surface area contributed by atoms with Gasteiger partial charge in [-0.3, -0.25) is 4.79 Å². The Labute approximate surface area is 134 Å². The minimum Gasteiger partial charge on any atom is -0.480 e. The van der Waals surface area contributed by atoms with E-state index in [1.54, 1.807) is 19.1 Å². The molecule has 1 amide bonds. The SMILES string of the molecule is C[C@@]1(C(=O)O)CCCCN1C(=O)c1ccc(SCCO)cc1. The zero-order valence-corrected chi connectivity index (χ0v) is 13.4. The van der Waals surface area contributed by atoms with Crippen LogP contribution in [0, 0.1) is 0 Å². The topological polar surface area (TPSA) is 77.8 Å². The normalized spacial score (nSPS) is 21.6. The Morgan fingerprint density at radius 3 is 2.55 bits per heavy atom. The molecule has 0 spiro atoms. The molecular formula is C16H21NO4S. The van der Waals surface area contributed by atoms with Crippen molar-refractivity contribution in [1.29, 1.82) is 0 Å². The number of piperidine rings is 1. The maximum atomic E-state index is 12.7. The van der Waals surface area contributed by atoms with E-state index in [2.05, 4.69) is 0 Å². The van der Waals surface area contributed by atoms with Gasteiger partial charge < -0.3 is 15.1 Å². The fourth-order valence-corrected chi connectivity index (χ4v) is 3.34. The number of benzene rings is 1. The Balaban J connectivity index is 2.17. The number of carbonyl (C=O) groups is 2. The highest BCUT2D eigenvalue weighted by atomic mass is 32.2. The largest absolute Gasteiger partial charge is 0.480 e. The highest BCUT2D eigenvalue weighted by Crippen LogP contribution is 2.30. The third kappa shape index (κ3) is 3.44. The van der Waals surface area contributed by atoms with Crippen molar-refractivity contribution in [3.8, 4) is 0 Å². The van der Waals surface area contributed by atoms with Crippen LogP contribution in [0.25, 0.3) is 0 Å². The van der Waals surface area contributed by atoms with Crippen molar-refractivity contribution in [2.45, 2.75) is 36.6 Å². The molecule has 22 heavy (non-hydrogen) atoms. The number of carbonyl (C=O) groups excluding carboxylic acids is 1. The van der Waals surface area contributed by atoms with Gasteiger partial charge in [0.2, 0.25) is 0 Å². The zero-order chi connectivity index (χ0) is 16.2. The molecule has 2 rings (SSSR count). The molecule has 1 atom stereocenters. The van der Waals surface area contributed by atoms with E-state index in [4.69, 9.17) is 5.11 Å². The van der Waals surface area contributed by atoms with Gasteiger partial charge >= 0.3 is 5.97 Å². The number of amides is 1. The second kappa shape index (κ2) is 7.15. The van der Waals surface area contributed by atoms with Crippen LogP contribution in [0.2, 0.25) is 0 Å². The third-order valence-corrected chi connectivity index (χ3v) is 5.05. The Morgan fingerprint density at radius 1 is 1.27 bits per heavy atom. The van der Waals surface area contributed by atoms with Crippen LogP contribution in [0.5, 0.6) is 0 Å². The van der Waals surface area contributed by atoms with E-state index < -0.39 is 11.5 Å². The van der Waals surface area contributed by atoms with Gasteiger partial charge in [0.15, 0.2) is 0 Å². The molecule has 1 aliphatic rings. The lowest BCUT2D eigenvalue weighted by molar-refractivity contribution is -0.150. The van der Waals surface area contributed by atoms with Crippen LogP contribution in [0.1, 0.15) is 36.5 Å². The summed E-state index contributed by atoms with van der Waals surface area (Å²) in [6.07, 6.45) is 2.14. The van der Waals surface area contributed by atoms with E-state index in [0.717, 1.165) is 17.7 Å². The molecule has 1 heterocycles. The Kier molecular flexibility index (Phi) is 5.47. The van der Waals surface area contributed by atoms with Crippen molar-refractivity contribution in [2.24, 2.45) is 0 Å². The lowest BCUT2D eigenvalue weighted by Crippen LogP contribution is -2.57. The molecule has 0 radical (unpaired) electrons. The van der Waals surface area contributed by atoms with E-state index >= 15 is 0 Å². The highest BCUT2D eigenvalue weighted by molar-refractivity contribution is 7.99. The van der Waals surface area contributed by atoms with Gasteiger partial charge in [-0.05, 0) is 50.5 Å². The number of aliphatic hydroxyl groups excluding tert-OH is 1. The first-order valence-electron chi connectivity index (χ1n) is 7.38. The van der Waals surface area contributed by atoms with Gasteiger partial charge in [-0.2, -0.15) is 0 Å². The van der Waals surface area contributed by atoms with Crippen LogP contribution in [-0.2, 0) is 4.79 Å². The van der Waals surface area contributed by atoms with Crippen LogP contribution >= 0.6 is 11.8 Å². The Bertz CT molecular complexity index is 546. The smallest absolute Gasteiger partial charge is 0.329 e. The summed E-state index contributed by atoms with van der Waals surface area (Å²) in [5, 5.41) is 18.3. The minimum absolute atomic E-state index is 0.107. The second-order valence-electron chi connectivity index (χ2n) is 5.59. The van der Waals surface area contributed by atoms with Crippen LogP contribution in [0.15, 0.2) is 29.2 Å². The number of aliphatic hydroxyl groups is 1. The number of hydrogen-bond donors (Lipinski definition) is 2. The van der Waals surface area contributed by atoms with Gasteiger partial charge in [0, 0.05) is 22.8 Å². The number of nitrogens with zero attached hydrogens (tertiary/aromatic N) is 1. The molecule has 2 N–H and O–H groups in total. The summed E-state index contributed by atoms with van der Waals surface area (Å²) in [4.78, 5) is 26.7. The summed E-state index contributed by atoms with van der Waals surface area (Å²) in [7, 11) is 0. The quantitative estimate of drug-likeness (QED) is 0.813. The molecule has 6 heteroatoms. The van der Waals surface area contributed by atoms with E-state index in [-0.39, 0.29) is 12.5 Å². The number of carboxylic acids is 1. The van der Waals surface area contributed by atoms with Crippen LogP contribution < -0.4 is 0 Å². The molecule has 0 saturated carbocycles. The van der Waals surface area contributed by atoms with Crippen molar-refractivity contribution in [2.75, 3.05) is 18.9 Å². The maximum absolute atomic E-state index is 12.7. The zero-order valence-electron chi connectivity index (χ0n) is 12.6. The predicted octanol–water partition coefficient (Wildman–Crippen LogP) is 2.24. The number of carboxylic acid groups (broad SMARTS) is 1. The molecule has 1 aromatic rings. The minimum atomic E-state index is -1.13. The molecular weight excluding hydrogens is 302 g/mol. The predicted molar refractivity (Wildman–Crippen MR) is 85.2 cm³/mol. The molecule has 0 aromatic heterocycles. The first kappa shape index (κ1) is 16.8. The monoisotopic (exact) mass is 323 g/mol.